The van der Waals surface area contributed by atoms with Gasteiger partial charge in [0, 0.05) is 0 Å². The van der Waals surface area contributed by atoms with Crippen molar-refractivity contribution in [1.82, 2.24) is 5.32 Å². The lowest BCUT2D eigenvalue weighted by Crippen LogP contribution is -2.36. The van der Waals surface area contributed by atoms with E-state index in [4.69, 9.17) is 13.7 Å². The Hall–Kier alpha value is -3.07. The highest BCUT2D eigenvalue weighted by molar-refractivity contribution is 7.86. The third-order valence-electron chi connectivity index (χ3n) is 3.83. The molecule has 0 aromatic heterocycles. The van der Waals surface area contributed by atoms with E-state index in [9.17, 15) is 18.0 Å². The standard InChI is InChI=1S/C22H27NO7S/c1-22(2,3)29-21(25)23-19(14-20(24)28-15-16-8-6-5-7-9-16)17-10-12-18(13-11-17)30-31(4,26)27/h5-13,19H,14-15H2,1-4H3,(H,23,25). The Morgan fingerprint density at radius 1 is 1.00 bits per heavy atom. The van der Waals surface area contributed by atoms with Gasteiger partial charge in [0.25, 0.3) is 0 Å². The van der Waals surface area contributed by atoms with Gasteiger partial charge in [-0.05, 0) is 44.0 Å². The molecule has 1 amide bonds. The molecule has 0 aliphatic carbocycles. The summed E-state index contributed by atoms with van der Waals surface area (Å²) in [6, 6.07) is 14.5. The van der Waals surface area contributed by atoms with E-state index in [1.54, 1.807) is 32.9 Å². The summed E-state index contributed by atoms with van der Waals surface area (Å²) in [6.45, 7) is 5.30. The minimum Gasteiger partial charge on any atom is -0.461 e. The highest BCUT2D eigenvalue weighted by Gasteiger charge is 2.23. The quantitative estimate of drug-likeness (QED) is 0.483. The van der Waals surface area contributed by atoms with Gasteiger partial charge >= 0.3 is 22.2 Å². The summed E-state index contributed by atoms with van der Waals surface area (Å²) in [4.78, 5) is 24.7. The summed E-state index contributed by atoms with van der Waals surface area (Å²) in [5.74, 6) is -0.393. The van der Waals surface area contributed by atoms with Crippen LogP contribution in [0.4, 0.5) is 4.79 Å². The van der Waals surface area contributed by atoms with Crippen molar-refractivity contribution in [1.29, 1.82) is 0 Å². The molecule has 2 rings (SSSR count). The number of ether oxygens (including phenoxy) is 2. The lowest BCUT2D eigenvalue weighted by atomic mass is 10.0. The molecule has 31 heavy (non-hydrogen) atoms. The Balaban J connectivity index is 2.11. The van der Waals surface area contributed by atoms with E-state index in [2.05, 4.69) is 5.32 Å². The van der Waals surface area contributed by atoms with Gasteiger partial charge in [-0.15, -0.1) is 0 Å². The Kier molecular flexibility index (Phi) is 8.04. The van der Waals surface area contributed by atoms with E-state index < -0.39 is 33.8 Å². The first kappa shape index (κ1) is 24.2. The molecule has 0 bridgehead atoms. The summed E-state index contributed by atoms with van der Waals surface area (Å²) in [5, 5.41) is 2.67. The number of alkyl carbamates (subject to hydrolysis) is 1. The molecule has 0 heterocycles. The van der Waals surface area contributed by atoms with Crippen LogP contribution in [-0.2, 0) is 31.0 Å². The maximum atomic E-state index is 12.4. The predicted octanol–water partition coefficient (Wildman–Crippen LogP) is 3.72. The average Bonchev–Trinajstić information content (AvgIpc) is 2.64. The first-order chi connectivity index (χ1) is 14.4. The van der Waals surface area contributed by atoms with Crippen LogP contribution in [0.25, 0.3) is 0 Å². The third kappa shape index (κ3) is 9.52. The van der Waals surface area contributed by atoms with Crippen LogP contribution < -0.4 is 9.50 Å². The number of benzene rings is 2. The van der Waals surface area contributed by atoms with Crippen molar-refractivity contribution in [2.75, 3.05) is 6.26 Å². The molecule has 0 radical (unpaired) electrons. The van der Waals surface area contributed by atoms with Crippen LogP contribution in [0, 0.1) is 0 Å². The van der Waals surface area contributed by atoms with Crippen molar-refractivity contribution < 1.29 is 31.7 Å². The molecule has 2 aromatic rings. The van der Waals surface area contributed by atoms with Gasteiger partial charge in [-0.1, -0.05) is 42.5 Å². The van der Waals surface area contributed by atoms with Crippen molar-refractivity contribution in [2.45, 2.75) is 45.4 Å². The molecule has 1 N–H and O–H groups in total. The molecule has 0 spiro atoms. The molecule has 1 atom stereocenters. The average molecular weight is 450 g/mol. The van der Waals surface area contributed by atoms with Crippen LogP contribution in [-0.4, -0.2) is 32.3 Å². The number of carbonyl (C=O) groups excluding carboxylic acids is 2. The molecule has 168 valence electrons. The largest absolute Gasteiger partial charge is 0.461 e. The van der Waals surface area contributed by atoms with Crippen molar-refractivity contribution in [3.05, 3.63) is 65.7 Å². The molecular weight excluding hydrogens is 422 g/mol. The van der Waals surface area contributed by atoms with Gasteiger partial charge in [-0.25, -0.2) is 4.79 Å². The topological polar surface area (TPSA) is 108 Å². The first-order valence-electron chi connectivity index (χ1n) is 9.60. The number of hydrogen-bond donors (Lipinski definition) is 1. The number of carbonyl (C=O) groups is 2. The molecule has 0 saturated carbocycles. The molecule has 2 aromatic carbocycles. The fraction of sp³-hybridized carbons (Fsp3) is 0.364. The van der Waals surface area contributed by atoms with Gasteiger partial charge in [-0.3, -0.25) is 4.79 Å². The second-order valence-corrected chi connectivity index (χ2v) is 9.48. The van der Waals surface area contributed by atoms with Gasteiger partial charge in [0.1, 0.15) is 18.0 Å². The lowest BCUT2D eigenvalue weighted by Gasteiger charge is -2.23. The zero-order valence-corrected chi connectivity index (χ0v) is 18.8. The van der Waals surface area contributed by atoms with Gasteiger partial charge in [0.05, 0.1) is 18.7 Å². The van der Waals surface area contributed by atoms with E-state index in [1.165, 1.54) is 12.1 Å². The third-order valence-corrected chi connectivity index (χ3v) is 4.33. The van der Waals surface area contributed by atoms with Crippen molar-refractivity contribution in [3.8, 4) is 5.75 Å². The lowest BCUT2D eigenvalue weighted by molar-refractivity contribution is -0.145. The maximum absolute atomic E-state index is 12.4. The molecule has 0 saturated heterocycles. The Morgan fingerprint density at radius 3 is 2.16 bits per heavy atom. The van der Waals surface area contributed by atoms with Crippen LogP contribution in [0.15, 0.2) is 54.6 Å². The normalized spacial score (nSPS) is 12.5. The molecule has 0 fully saturated rings. The summed E-state index contributed by atoms with van der Waals surface area (Å²) < 4.78 is 38.0. The Morgan fingerprint density at radius 2 is 1.61 bits per heavy atom. The second-order valence-electron chi connectivity index (χ2n) is 7.91. The zero-order chi connectivity index (χ0) is 23.1. The van der Waals surface area contributed by atoms with Crippen LogP contribution in [0.5, 0.6) is 5.75 Å². The highest BCUT2D eigenvalue weighted by atomic mass is 32.2. The second kappa shape index (κ2) is 10.3. The predicted molar refractivity (Wildman–Crippen MR) is 115 cm³/mol. The van der Waals surface area contributed by atoms with Gasteiger partial charge in [0.15, 0.2) is 0 Å². The number of rotatable bonds is 8. The monoisotopic (exact) mass is 449 g/mol. The minimum absolute atomic E-state index is 0.111. The number of esters is 1. The molecule has 0 aliphatic heterocycles. The van der Waals surface area contributed by atoms with Gasteiger partial charge in [0.2, 0.25) is 0 Å². The summed E-state index contributed by atoms with van der Waals surface area (Å²) >= 11 is 0. The fourth-order valence-electron chi connectivity index (χ4n) is 2.60. The summed E-state index contributed by atoms with van der Waals surface area (Å²) in [7, 11) is -3.67. The molecule has 8 nitrogen and oxygen atoms in total. The first-order valence-corrected chi connectivity index (χ1v) is 11.4. The van der Waals surface area contributed by atoms with Gasteiger partial charge in [-0.2, -0.15) is 8.42 Å². The molecular formula is C22H27NO7S. The van der Waals surface area contributed by atoms with E-state index in [-0.39, 0.29) is 18.8 Å². The summed E-state index contributed by atoms with van der Waals surface area (Å²) in [5.41, 5.74) is 0.688. The van der Waals surface area contributed by atoms with Crippen LogP contribution >= 0.6 is 0 Å². The highest BCUT2D eigenvalue weighted by Crippen LogP contribution is 2.23. The van der Waals surface area contributed by atoms with Crippen LogP contribution in [0.2, 0.25) is 0 Å². The van der Waals surface area contributed by atoms with E-state index in [0.29, 0.717) is 5.56 Å². The fourth-order valence-corrected chi connectivity index (χ4v) is 3.06. The van der Waals surface area contributed by atoms with E-state index in [1.807, 2.05) is 30.3 Å². The van der Waals surface area contributed by atoms with E-state index in [0.717, 1.165) is 11.8 Å². The Bertz CT molecular complexity index is 981. The molecule has 9 heteroatoms. The Labute approximate surface area is 182 Å². The van der Waals surface area contributed by atoms with Crippen LogP contribution in [0.1, 0.15) is 44.4 Å². The molecule has 0 aliphatic rings. The van der Waals surface area contributed by atoms with Crippen molar-refractivity contribution >= 4 is 22.2 Å². The van der Waals surface area contributed by atoms with E-state index >= 15 is 0 Å². The summed E-state index contributed by atoms with van der Waals surface area (Å²) in [6.07, 6.45) is 0.110. The van der Waals surface area contributed by atoms with Crippen LogP contribution in [0.3, 0.4) is 0 Å². The smallest absolute Gasteiger partial charge is 0.408 e. The number of nitrogens with one attached hydrogen (secondary N) is 1. The zero-order valence-electron chi connectivity index (χ0n) is 18.0. The van der Waals surface area contributed by atoms with Gasteiger partial charge < -0.3 is 19.0 Å². The van der Waals surface area contributed by atoms with Crippen molar-refractivity contribution in [3.63, 3.8) is 0 Å². The number of amides is 1. The number of hydrogen-bond acceptors (Lipinski definition) is 7. The maximum Gasteiger partial charge on any atom is 0.408 e. The SMILES string of the molecule is CC(C)(C)OC(=O)NC(CC(=O)OCc1ccccc1)c1ccc(OS(C)(=O)=O)cc1. The molecule has 1 unspecified atom stereocenters. The minimum atomic E-state index is -3.67. The van der Waals surface area contributed by atoms with Crippen molar-refractivity contribution in [2.24, 2.45) is 0 Å².